The average molecular weight is 241 g/mol. The van der Waals surface area contributed by atoms with Gasteiger partial charge in [0.25, 0.3) is 0 Å². The lowest BCUT2D eigenvalue weighted by molar-refractivity contribution is 0.166. The topological polar surface area (TPSA) is 58.0 Å². The second-order valence-corrected chi connectivity index (χ2v) is 4.41. The molecule has 0 aliphatic heterocycles. The predicted octanol–water partition coefficient (Wildman–Crippen LogP) is 2.00. The Bertz CT molecular complexity index is 358. The molecule has 17 heavy (non-hydrogen) atoms. The number of nitrogens with one attached hydrogen (secondary N) is 1. The van der Waals surface area contributed by atoms with Gasteiger partial charge in [0.15, 0.2) is 11.6 Å². The van der Waals surface area contributed by atoms with Gasteiger partial charge in [-0.25, -0.2) is 14.4 Å². The van der Waals surface area contributed by atoms with E-state index >= 15 is 0 Å². The normalized spacial score (nSPS) is 14.4. The van der Waals surface area contributed by atoms with E-state index < -0.39 is 0 Å². The van der Waals surface area contributed by atoms with Gasteiger partial charge in [-0.3, -0.25) is 0 Å². The smallest absolute Gasteiger partial charge is 0.186 e. The summed E-state index contributed by atoms with van der Waals surface area (Å²) in [5.74, 6) is 0.128. The fourth-order valence-corrected chi connectivity index (χ4v) is 1.71. The Labute approximate surface area is 101 Å². The lowest BCUT2D eigenvalue weighted by Gasteiger charge is -2.15. The van der Waals surface area contributed by atoms with E-state index in [9.17, 15) is 9.50 Å². The van der Waals surface area contributed by atoms with Crippen molar-refractivity contribution in [3.8, 4) is 0 Å². The van der Waals surface area contributed by atoms with Crippen LogP contribution in [0.2, 0.25) is 0 Å². The van der Waals surface area contributed by atoms with Crippen molar-refractivity contribution < 1.29 is 9.50 Å². The number of aliphatic hydroxyl groups excluding tert-OH is 1. The molecule has 1 aromatic heterocycles. The largest absolute Gasteiger partial charge is 0.393 e. The van der Waals surface area contributed by atoms with Crippen LogP contribution in [0.5, 0.6) is 0 Å². The van der Waals surface area contributed by atoms with Crippen molar-refractivity contribution in [3.63, 3.8) is 0 Å². The summed E-state index contributed by atoms with van der Waals surface area (Å²) in [7, 11) is 0. The summed E-state index contributed by atoms with van der Waals surface area (Å²) < 4.78 is 13.7. The van der Waals surface area contributed by atoms with E-state index in [1.54, 1.807) is 6.92 Å². The number of halogens is 1. The van der Waals surface area contributed by atoms with Gasteiger partial charge in [0.1, 0.15) is 6.33 Å². The quantitative estimate of drug-likeness (QED) is 0.799. The highest BCUT2D eigenvalue weighted by molar-refractivity contribution is 5.37. The molecule has 0 radical (unpaired) electrons. The lowest BCUT2D eigenvalue weighted by Crippen LogP contribution is -2.18. The molecule has 2 N–H and O–H groups in total. The summed E-state index contributed by atoms with van der Waals surface area (Å²) in [5.41, 5.74) is 0.422. The fraction of sp³-hybridized carbons (Fsp3) is 0.667. The second kappa shape index (κ2) is 6.49. The first-order valence-electron chi connectivity index (χ1n) is 5.95. The highest BCUT2D eigenvalue weighted by Gasteiger charge is 2.11. The van der Waals surface area contributed by atoms with E-state index in [0.717, 1.165) is 0 Å². The minimum absolute atomic E-state index is 0.245. The van der Waals surface area contributed by atoms with Gasteiger partial charge < -0.3 is 10.4 Å². The summed E-state index contributed by atoms with van der Waals surface area (Å²) in [6.45, 7) is 6.18. The van der Waals surface area contributed by atoms with E-state index in [1.165, 1.54) is 6.33 Å². The van der Waals surface area contributed by atoms with Crippen LogP contribution < -0.4 is 5.32 Å². The first-order chi connectivity index (χ1) is 8.04. The van der Waals surface area contributed by atoms with Crippen LogP contribution in [-0.2, 0) is 6.42 Å². The van der Waals surface area contributed by atoms with E-state index in [1.807, 2.05) is 13.8 Å². The van der Waals surface area contributed by atoms with Gasteiger partial charge in [-0.05, 0) is 25.7 Å². The van der Waals surface area contributed by atoms with E-state index in [0.29, 0.717) is 25.1 Å². The zero-order chi connectivity index (χ0) is 12.8. The van der Waals surface area contributed by atoms with Crippen molar-refractivity contribution in [2.75, 3.05) is 11.9 Å². The molecule has 0 amide bonds. The highest BCUT2D eigenvalue weighted by Crippen LogP contribution is 2.14. The van der Waals surface area contributed by atoms with Gasteiger partial charge in [-0.2, -0.15) is 0 Å². The molecule has 1 heterocycles. The van der Waals surface area contributed by atoms with E-state index in [4.69, 9.17) is 0 Å². The fourth-order valence-electron chi connectivity index (χ4n) is 1.71. The second-order valence-electron chi connectivity index (χ2n) is 4.41. The number of aliphatic hydroxyl groups is 1. The molecular weight excluding hydrogens is 221 g/mol. The summed E-state index contributed by atoms with van der Waals surface area (Å²) in [6, 6.07) is 0. The maximum absolute atomic E-state index is 13.7. The van der Waals surface area contributed by atoms with Gasteiger partial charge in [-0.15, -0.1) is 0 Å². The molecule has 4 nitrogen and oxygen atoms in total. The molecule has 0 spiro atoms. The average Bonchev–Trinajstić information content (AvgIpc) is 2.27. The highest BCUT2D eigenvalue weighted by atomic mass is 19.1. The van der Waals surface area contributed by atoms with Crippen molar-refractivity contribution in [3.05, 3.63) is 17.8 Å². The van der Waals surface area contributed by atoms with Crippen LogP contribution >= 0.6 is 0 Å². The van der Waals surface area contributed by atoms with Crippen LogP contribution in [0, 0.1) is 11.7 Å². The molecule has 0 aliphatic carbocycles. The predicted molar refractivity (Wildman–Crippen MR) is 65.3 cm³/mol. The van der Waals surface area contributed by atoms with Crippen molar-refractivity contribution in [2.45, 2.75) is 39.7 Å². The Morgan fingerprint density at radius 1 is 1.41 bits per heavy atom. The van der Waals surface area contributed by atoms with Crippen LogP contribution in [-0.4, -0.2) is 27.7 Å². The number of aryl methyl sites for hydroxylation is 1. The van der Waals surface area contributed by atoms with E-state index in [-0.39, 0.29) is 23.7 Å². The summed E-state index contributed by atoms with van der Waals surface area (Å²) >= 11 is 0. The Morgan fingerprint density at radius 2 is 2.12 bits per heavy atom. The minimum Gasteiger partial charge on any atom is -0.393 e. The number of aromatic nitrogens is 2. The Hall–Kier alpha value is -1.23. The molecule has 0 saturated heterocycles. The molecule has 2 unspecified atom stereocenters. The maximum atomic E-state index is 13.7. The van der Waals surface area contributed by atoms with Crippen molar-refractivity contribution >= 4 is 5.82 Å². The van der Waals surface area contributed by atoms with Gasteiger partial charge in [0.2, 0.25) is 0 Å². The zero-order valence-electron chi connectivity index (χ0n) is 10.6. The molecule has 0 fully saturated rings. The Balaban J connectivity index is 2.57. The maximum Gasteiger partial charge on any atom is 0.186 e. The molecule has 2 atom stereocenters. The molecule has 0 saturated carbocycles. The van der Waals surface area contributed by atoms with Crippen LogP contribution in [0.3, 0.4) is 0 Å². The third kappa shape index (κ3) is 4.26. The zero-order valence-corrected chi connectivity index (χ0v) is 10.6. The van der Waals surface area contributed by atoms with Crippen LogP contribution in [0.25, 0.3) is 0 Å². The SMILES string of the molecule is CCc1ncnc(NCC(C)CC(C)O)c1F. The van der Waals surface area contributed by atoms with Gasteiger partial charge in [-0.1, -0.05) is 13.8 Å². The summed E-state index contributed by atoms with van der Waals surface area (Å²) in [6.07, 6.45) is 2.25. The molecule has 0 aliphatic rings. The minimum atomic E-state index is -0.376. The number of rotatable bonds is 6. The third-order valence-electron chi connectivity index (χ3n) is 2.56. The van der Waals surface area contributed by atoms with Gasteiger partial charge in [0, 0.05) is 6.54 Å². The number of hydrogen-bond acceptors (Lipinski definition) is 4. The van der Waals surface area contributed by atoms with Crippen molar-refractivity contribution in [1.82, 2.24) is 9.97 Å². The summed E-state index contributed by atoms with van der Waals surface area (Å²) in [4.78, 5) is 7.75. The third-order valence-corrected chi connectivity index (χ3v) is 2.56. The molecule has 96 valence electrons. The molecule has 0 aromatic carbocycles. The first-order valence-corrected chi connectivity index (χ1v) is 5.95. The van der Waals surface area contributed by atoms with Crippen LogP contribution in [0.4, 0.5) is 10.2 Å². The van der Waals surface area contributed by atoms with Gasteiger partial charge >= 0.3 is 0 Å². The van der Waals surface area contributed by atoms with Crippen LogP contribution in [0.15, 0.2) is 6.33 Å². The monoisotopic (exact) mass is 241 g/mol. The molecule has 1 rings (SSSR count). The lowest BCUT2D eigenvalue weighted by atomic mass is 10.0. The number of nitrogens with zero attached hydrogens (tertiary/aromatic N) is 2. The van der Waals surface area contributed by atoms with Crippen LogP contribution in [0.1, 0.15) is 32.9 Å². The standard InChI is InChI=1S/C12H20FN3O/c1-4-10-11(13)12(16-7-15-10)14-6-8(2)5-9(3)17/h7-9,17H,4-6H2,1-3H3,(H,14,15,16). The summed E-state index contributed by atoms with van der Waals surface area (Å²) in [5, 5.41) is 12.2. The van der Waals surface area contributed by atoms with Gasteiger partial charge in [0.05, 0.1) is 11.8 Å². The van der Waals surface area contributed by atoms with Crippen molar-refractivity contribution in [1.29, 1.82) is 0 Å². The molecule has 0 bridgehead atoms. The molecule has 5 heteroatoms. The Morgan fingerprint density at radius 3 is 2.71 bits per heavy atom. The number of hydrogen-bond donors (Lipinski definition) is 2. The molecule has 1 aromatic rings. The van der Waals surface area contributed by atoms with E-state index in [2.05, 4.69) is 15.3 Å². The van der Waals surface area contributed by atoms with Crippen molar-refractivity contribution in [2.24, 2.45) is 5.92 Å². The Kier molecular flexibility index (Phi) is 5.28. The number of anilines is 1. The molecular formula is C12H20FN3O. The first kappa shape index (κ1) is 13.8.